The third-order valence-corrected chi connectivity index (χ3v) is 5.91. The van der Waals surface area contributed by atoms with Gasteiger partial charge in [-0.3, -0.25) is 0 Å². The average Bonchev–Trinajstić information content (AvgIpc) is 2.75. The third-order valence-electron chi connectivity index (χ3n) is 3.18. The van der Waals surface area contributed by atoms with E-state index in [9.17, 15) is 16.8 Å². The zero-order valence-corrected chi connectivity index (χ0v) is 14.0. The predicted octanol–water partition coefficient (Wildman–Crippen LogP) is 0.375. The Labute approximate surface area is 131 Å². The van der Waals surface area contributed by atoms with Gasteiger partial charge in [0.05, 0.1) is 10.6 Å². The number of hydrogen-bond donors (Lipinski definition) is 1. The van der Waals surface area contributed by atoms with Crippen molar-refractivity contribution >= 4 is 32.3 Å². The number of halogens is 1. The molecule has 120 valence electrons. The van der Waals surface area contributed by atoms with Crippen molar-refractivity contribution in [3.63, 3.8) is 0 Å². The second-order valence-electron chi connectivity index (χ2n) is 5.13. The number of nitrogens with zero attached hydrogens (tertiary/aromatic N) is 1. The highest BCUT2D eigenvalue weighted by molar-refractivity contribution is 7.90. The summed E-state index contributed by atoms with van der Waals surface area (Å²) in [5, 5.41) is 0. The van der Waals surface area contributed by atoms with Gasteiger partial charge in [-0.05, 0) is 24.1 Å². The van der Waals surface area contributed by atoms with Crippen LogP contribution < -0.4 is 5.73 Å². The molecular formula is C12H19ClN2O4S2. The van der Waals surface area contributed by atoms with Gasteiger partial charge in [0.25, 0.3) is 0 Å². The molecule has 0 unspecified atom stereocenters. The van der Waals surface area contributed by atoms with Crippen molar-refractivity contribution in [1.29, 1.82) is 0 Å². The minimum Gasteiger partial charge on any atom is -0.326 e. The zero-order chi connectivity index (χ0) is 15.0. The van der Waals surface area contributed by atoms with Gasteiger partial charge >= 0.3 is 0 Å². The fourth-order valence-corrected chi connectivity index (χ4v) is 4.49. The highest BCUT2D eigenvalue weighted by Gasteiger charge is 2.30. The number of hydrogen-bond acceptors (Lipinski definition) is 5. The first-order valence-corrected chi connectivity index (χ1v) is 9.71. The van der Waals surface area contributed by atoms with Crippen LogP contribution >= 0.6 is 12.4 Å². The molecule has 9 heteroatoms. The summed E-state index contributed by atoms with van der Waals surface area (Å²) in [6.07, 6.45) is 1.80. The molecule has 0 aliphatic carbocycles. The van der Waals surface area contributed by atoms with Crippen LogP contribution in [-0.2, 0) is 25.6 Å². The largest absolute Gasteiger partial charge is 0.326 e. The lowest BCUT2D eigenvalue weighted by Crippen LogP contribution is -2.31. The summed E-state index contributed by atoms with van der Waals surface area (Å²) in [6.45, 7) is 0.752. The Kier molecular flexibility index (Phi) is 5.79. The lowest BCUT2D eigenvalue weighted by molar-refractivity contribution is 0.472. The van der Waals surface area contributed by atoms with Gasteiger partial charge in [-0.25, -0.2) is 16.8 Å². The summed E-state index contributed by atoms with van der Waals surface area (Å²) in [5.41, 5.74) is 6.29. The number of rotatable bonds is 4. The standard InChI is InChI=1S/C12H18N2O4S2.ClH/c1-19(15,16)9-10-2-4-12(5-3-10)20(17,18)14-7-6-11(13)8-14;/h2-5,11H,6-9,13H2,1H3;1H/t11-;/m1./s1. The molecule has 0 saturated carbocycles. The fourth-order valence-electron chi connectivity index (χ4n) is 2.18. The number of sulfone groups is 1. The van der Waals surface area contributed by atoms with Crippen molar-refractivity contribution in [2.45, 2.75) is 23.1 Å². The normalized spacial score (nSPS) is 20.2. The quantitative estimate of drug-likeness (QED) is 0.842. The van der Waals surface area contributed by atoms with E-state index in [1.54, 1.807) is 0 Å². The van der Waals surface area contributed by atoms with Gasteiger partial charge < -0.3 is 5.73 Å². The minimum absolute atomic E-state index is 0. The van der Waals surface area contributed by atoms with Gasteiger partial charge in [0.2, 0.25) is 10.0 Å². The third kappa shape index (κ3) is 4.65. The van der Waals surface area contributed by atoms with Crippen molar-refractivity contribution in [2.24, 2.45) is 5.73 Å². The summed E-state index contributed by atoms with van der Waals surface area (Å²) < 4.78 is 48.4. The van der Waals surface area contributed by atoms with E-state index in [-0.39, 0.29) is 29.1 Å². The summed E-state index contributed by atoms with van der Waals surface area (Å²) in [4.78, 5) is 0.170. The van der Waals surface area contributed by atoms with Crippen LogP contribution in [0, 0.1) is 0 Å². The molecule has 1 saturated heterocycles. The molecule has 1 aromatic carbocycles. The van der Waals surface area contributed by atoms with Crippen LogP contribution in [0.4, 0.5) is 0 Å². The molecular weight excluding hydrogens is 336 g/mol. The molecule has 1 aliphatic rings. The monoisotopic (exact) mass is 354 g/mol. The summed E-state index contributed by atoms with van der Waals surface area (Å²) >= 11 is 0. The lowest BCUT2D eigenvalue weighted by atomic mass is 10.2. The maximum absolute atomic E-state index is 12.3. The molecule has 1 aliphatic heterocycles. The maximum atomic E-state index is 12.3. The molecule has 1 fully saturated rings. The fraction of sp³-hybridized carbons (Fsp3) is 0.500. The van der Waals surface area contributed by atoms with Gasteiger partial charge in [0.15, 0.2) is 9.84 Å². The predicted molar refractivity (Wildman–Crippen MR) is 83.6 cm³/mol. The minimum atomic E-state index is -3.53. The van der Waals surface area contributed by atoms with Crippen molar-refractivity contribution in [2.75, 3.05) is 19.3 Å². The number of nitrogens with two attached hydrogens (primary N) is 1. The molecule has 6 nitrogen and oxygen atoms in total. The first-order chi connectivity index (χ1) is 9.18. The second kappa shape index (κ2) is 6.62. The molecule has 1 atom stereocenters. The van der Waals surface area contributed by atoms with Gasteiger partial charge in [-0.2, -0.15) is 4.31 Å². The molecule has 0 radical (unpaired) electrons. The highest BCUT2D eigenvalue weighted by Crippen LogP contribution is 2.21. The van der Waals surface area contributed by atoms with Crippen LogP contribution in [0.2, 0.25) is 0 Å². The van der Waals surface area contributed by atoms with Crippen LogP contribution in [0.3, 0.4) is 0 Å². The zero-order valence-electron chi connectivity index (χ0n) is 11.6. The van der Waals surface area contributed by atoms with Crippen molar-refractivity contribution in [1.82, 2.24) is 4.31 Å². The van der Waals surface area contributed by atoms with Crippen LogP contribution in [0.5, 0.6) is 0 Å². The number of benzene rings is 1. The Morgan fingerprint density at radius 1 is 1.19 bits per heavy atom. The van der Waals surface area contributed by atoms with Crippen molar-refractivity contribution < 1.29 is 16.8 Å². The Morgan fingerprint density at radius 2 is 1.76 bits per heavy atom. The van der Waals surface area contributed by atoms with E-state index < -0.39 is 19.9 Å². The molecule has 2 rings (SSSR count). The topological polar surface area (TPSA) is 97.5 Å². The van der Waals surface area contributed by atoms with E-state index in [1.165, 1.54) is 28.6 Å². The molecule has 1 heterocycles. The Hall–Kier alpha value is -0.670. The first-order valence-electron chi connectivity index (χ1n) is 6.21. The van der Waals surface area contributed by atoms with Crippen LogP contribution in [0.15, 0.2) is 29.2 Å². The molecule has 21 heavy (non-hydrogen) atoms. The summed E-state index contributed by atoms with van der Waals surface area (Å²) in [5.74, 6) is -0.0953. The maximum Gasteiger partial charge on any atom is 0.243 e. The van der Waals surface area contributed by atoms with E-state index in [2.05, 4.69) is 0 Å². The molecule has 0 bridgehead atoms. The van der Waals surface area contributed by atoms with Crippen LogP contribution in [0.1, 0.15) is 12.0 Å². The van der Waals surface area contributed by atoms with Gasteiger partial charge in [-0.15, -0.1) is 12.4 Å². The van der Waals surface area contributed by atoms with Crippen LogP contribution in [0.25, 0.3) is 0 Å². The van der Waals surface area contributed by atoms with Gasteiger partial charge in [0, 0.05) is 25.4 Å². The van der Waals surface area contributed by atoms with E-state index in [4.69, 9.17) is 5.73 Å². The smallest absolute Gasteiger partial charge is 0.243 e. The lowest BCUT2D eigenvalue weighted by Gasteiger charge is -2.16. The van der Waals surface area contributed by atoms with Crippen molar-refractivity contribution in [3.05, 3.63) is 29.8 Å². The second-order valence-corrected chi connectivity index (χ2v) is 9.20. The van der Waals surface area contributed by atoms with Crippen molar-refractivity contribution in [3.8, 4) is 0 Å². The Morgan fingerprint density at radius 3 is 2.19 bits per heavy atom. The number of sulfonamides is 1. The summed E-state index contributed by atoms with van der Waals surface area (Å²) in [7, 11) is -6.65. The van der Waals surface area contributed by atoms with E-state index in [1.807, 2.05) is 0 Å². The van der Waals surface area contributed by atoms with Gasteiger partial charge in [-0.1, -0.05) is 12.1 Å². The Balaban J connectivity index is 0.00000220. The highest BCUT2D eigenvalue weighted by atomic mass is 35.5. The molecule has 0 spiro atoms. The molecule has 0 amide bonds. The average molecular weight is 355 g/mol. The summed E-state index contributed by atoms with van der Waals surface area (Å²) in [6, 6.07) is 5.84. The Bertz CT molecular complexity index is 686. The first kappa shape index (κ1) is 18.4. The molecule has 2 N–H and O–H groups in total. The van der Waals surface area contributed by atoms with Gasteiger partial charge in [0.1, 0.15) is 0 Å². The molecule has 1 aromatic rings. The molecule has 0 aromatic heterocycles. The SMILES string of the molecule is CS(=O)(=O)Cc1ccc(S(=O)(=O)N2CC[C@@H](N)C2)cc1.Cl. The van der Waals surface area contributed by atoms with Crippen LogP contribution in [-0.4, -0.2) is 46.5 Å². The van der Waals surface area contributed by atoms with E-state index in [0.717, 1.165) is 6.26 Å². The van der Waals surface area contributed by atoms with E-state index in [0.29, 0.717) is 25.1 Å². The van der Waals surface area contributed by atoms with E-state index >= 15 is 0 Å².